The van der Waals surface area contributed by atoms with Crippen molar-refractivity contribution in [2.75, 3.05) is 0 Å². The van der Waals surface area contributed by atoms with Crippen molar-refractivity contribution in [1.82, 2.24) is 4.98 Å². The number of aliphatic hydroxyl groups is 1. The zero-order chi connectivity index (χ0) is 15.0. The SMILES string of the molecule is Cc1cc(C)c(C(O)c2cnc3ccccc3c2)c(C)c1. The second-order valence-corrected chi connectivity index (χ2v) is 5.68. The third kappa shape index (κ3) is 2.55. The van der Waals surface area contributed by atoms with Crippen LogP contribution in [0.5, 0.6) is 0 Å². The number of pyridine rings is 1. The molecular weight excluding hydrogens is 258 g/mol. The van der Waals surface area contributed by atoms with Crippen LogP contribution in [0.15, 0.2) is 48.7 Å². The largest absolute Gasteiger partial charge is 0.384 e. The van der Waals surface area contributed by atoms with Crippen molar-refractivity contribution in [1.29, 1.82) is 0 Å². The van der Waals surface area contributed by atoms with Gasteiger partial charge >= 0.3 is 0 Å². The standard InChI is InChI=1S/C19H19NO/c1-12-8-13(2)18(14(3)9-12)19(21)16-10-15-6-4-5-7-17(15)20-11-16/h4-11,19,21H,1-3H3. The summed E-state index contributed by atoms with van der Waals surface area (Å²) in [6.07, 6.45) is 1.13. The molecule has 1 aromatic heterocycles. The van der Waals surface area contributed by atoms with Crippen molar-refractivity contribution in [3.05, 3.63) is 76.5 Å². The normalized spacial score (nSPS) is 12.6. The molecular formula is C19H19NO. The molecule has 0 aliphatic heterocycles. The van der Waals surface area contributed by atoms with Crippen LogP contribution in [0, 0.1) is 20.8 Å². The first-order chi connectivity index (χ1) is 10.1. The van der Waals surface area contributed by atoms with E-state index < -0.39 is 6.10 Å². The molecule has 1 unspecified atom stereocenters. The molecule has 106 valence electrons. The molecule has 2 heteroatoms. The molecule has 0 aliphatic rings. The van der Waals surface area contributed by atoms with E-state index in [1.807, 2.05) is 44.2 Å². The van der Waals surface area contributed by atoms with Crippen LogP contribution in [0.1, 0.15) is 33.9 Å². The van der Waals surface area contributed by atoms with E-state index in [9.17, 15) is 5.11 Å². The van der Waals surface area contributed by atoms with E-state index in [1.165, 1.54) is 5.56 Å². The van der Waals surface area contributed by atoms with Gasteiger partial charge in [0.05, 0.1) is 5.52 Å². The highest BCUT2D eigenvalue weighted by atomic mass is 16.3. The first-order valence-electron chi connectivity index (χ1n) is 7.17. The number of benzene rings is 2. The molecule has 0 amide bonds. The van der Waals surface area contributed by atoms with E-state index in [-0.39, 0.29) is 0 Å². The third-order valence-corrected chi connectivity index (χ3v) is 3.94. The molecule has 0 spiro atoms. The Bertz CT molecular complexity index is 785. The topological polar surface area (TPSA) is 33.1 Å². The lowest BCUT2D eigenvalue weighted by Gasteiger charge is -2.18. The molecule has 2 aromatic carbocycles. The van der Waals surface area contributed by atoms with Crippen LogP contribution in [0.25, 0.3) is 10.9 Å². The number of nitrogens with zero attached hydrogens (tertiary/aromatic N) is 1. The molecule has 1 heterocycles. The maximum atomic E-state index is 10.8. The van der Waals surface area contributed by atoms with Gasteiger partial charge < -0.3 is 5.11 Å². The average Bonchev–Trinajstić information content (AvgIpc) is 2.45. The van der Waals surface area contributed by atoms with Gasteiger partial charge in [-0.3, -0.25) is 4.98 Å². The van der Waals surface area contributed by atoms with Gasteiger partial charge in [0.25, 0.3) is 0 Å². The summed E-state index contributed by atoms with van der Waals surface area (Å²) >= 11 is 0. The summed E-state index contributed by atoms with van der Waals surface area (Å²) in [5.74, 6) is 0. The van der Waals surface area contributed by atoms with Crippen LogP contribution in [-0.4, -0.2) is 10.1 Å². The van der Waals surface area contributed by atoms with Gasteiger partial charge in [0.2, 0.25) is 0 Å². The van der Waals surface area contributed by atoms with E-state index >= 15 is 0 Å². The summed E-state index contributed by atoms with van der Waals surface area (Å²) in [6.45, 7) is 6.17. The summed E-state index contributed by atoms with van der Waals surface area (Å²) in [5.41, 5.74) is 6.23. The van der Waals surface area contributed by atoms with Crippen molar-refractivity contribution in [3.8, 4) is 0 Å². The Hall–Kier alpha value is -2.19. The van der Waals surface area contributed by atoms with Crippen LogP contribution in [0.2, 0.25) is 0 Å². The van der Waals surface area contributed by atoms with E-state index in [1.54, 1.807) is 6.20 Å². The molecule has 21 heavy (non-hydrogen) atoms. The minimum absolute atomic E-state index is 0.636. The molecule has 0 fully saturated rings. The lowest BCUT2D eigenvalue weighted by molar-refractivity contribution is 0.218. The number of hydrogen-bond acceptors (Lipinski definition) is 2. The van der Waals surface area contributed by atoms with Gasteiger partial charge in [-0.2, -0.15) is 0 Å². The van der Waals surface area contributed by atoms with Crippen molar-refractivity contribution >= 4 is 10.9 Å². The van der Waals surface area contributed by atoms with Crippen molar-refractivity contribution in [2.24, 2.45) is 0 Å². The van der Waals surface area contributed by atoms with Crippen LogP contribution in [0.3, 0.4) is 0 Å². The monoisotopic (exact) mass is 277 g/mol. The predicted octanol–water partition coefficient (Wildman–Crippen LogP) is 4.24. The number of aryl methyl sites for hydroxylation is 3. The number of rotatable bonds is 2. The first-order valence-corrected chi connectivity index (χ1v) is 7.17. The van der Waals surface area contributed by atoms with E-state index in [0.29, 0.717) is 0 Å². The third-order valence-electron chi connectivity index (χ3n) is 3.94. The smallest absolute Gasteiger partial charge is 0.106 e. The van der Waals surface area contributed by atoms with Crippen LogP contribution in [-0.2, 0) is 0 Å². The number of hydrogen-bond donors (Lipinski definition) is 1. The minimum atomic E-state index is -0.636. The van der Waals surface area contributed by atoms with E-state index in [4.69, 9.17) is 0 Å². The van der Waals surface area contributed by atoms with Gasteiger partial charge in [-0.1, -0.05) is 35.9 Å². The number of aromatic nitrogens is 1. The maximum Gasteiger partial charge on any atom is 0.106 e. The van der Waals surface area contributed by atoms with Gasteiger partial charge in [0.1, 0.15) is 6.10 Å². The quantitative estimate of drug-likeness (QED) is 0.760. The van der Waals surface area contributed by atoms with Crippen LogP contribution >= 0.6 is 0 Å². The summed E-state index contributed by atoms with van der Waals surface area (Å²) in [4.78, 5) is 4.44. The Kier molecular flexibility index (Phi) is 3.48. The molecule has 0 saturated carbocycles. The molecule has 1 N–H and O–H groups in total. The van der Waals surface area contributed by atoms with Crippen molar-refractivity contribution in [2.45, 2.75) is 26.9 Å². The summed E-state index contributed by atoms with van der Waals surface area (Å²) < 4.78 is 0. The Morgan fingerprint density at radius 2 is 1.62 bits per heavy atom. The fourth-order valence-corrected chi connectivity index (χ4v) is 3.03. The van der Waals surface area contributed by atoms with Gasteiger partial charge in [0, 0.05) is 17.1 Å². The summed E-state index contributed by atoms with van der Waals surface area (Å²) in [5, 5.41) is 11.8. The summed E-state index contributed by atoms with van der Waals surface area (Å²) in [6, 6.07) is 14.2. The van der Waals surface area contributed by atoms with Gasteiger partial charge in [0.15, 0.2) is 0 Å². The Morgan fingerprint density at radius 3 is 2.33 bits per heavy atom. The predicted molar refractivity (Wildman–Crippen MR) is 86.5 cm³/mol. The van der Waals surface area contributed by atoms with Crippen molar-refractivity contribution in [3.63, 3.8) is 0 Å². The van der Waals surface area contributed by atoms with Gasteiger partial charge in [-0.25, -0.2) is 0 Å². The van der Waals surface area contributed by atoms with Gasteiger partial charge in [-0.05, 0) is 49.6 Å². The molecule has 0 saturated heterocycles. The van der Waals surface area contributed by atoms with E-state index in [0.717, 1.165) is 33.2 Å². The molecule has 0 radical (unpaired) electrons. The second-order valence-electron chi connectivity index (χ2n) is 5.68. The van der Waals surface area contributed by atoms with Crippen LogP contribution in [0.4, 0.5) is 0 Å². The molecule has 1 atom stereocenters. The summed E-state index contributed by atoms with van der Waals surface area (Å²) in [7, 11) is 0. The molecule has 0 aliphatic carbocycles. The second kappa shape index (κ2) is 5.30. The zero-order valence-electron chi connectivity index (χ0n) is 12.6. The highest BCUT2D eigenvalue weighted by molar-refractivity contribution is 5.79. The molecule has 3 aromatic rings. The number of aliphatic hydroxyl groups excluding tert-OH is 1. The van der Waals surface area contributed by atoms with Crippen LogP contribution < -0.4 is 0 Å². The number of fused-ring (bicyclic) bond motifs is 1. The van der Waals surface area contributed by atoms with E-state index in [2.05, 4.69) is 24.0 Å². The zero-order valence-corrected chi connectivity index (χ0v) is 12.6. The first kappa shape index (κ1) is 13.8. The Morgan fingerprint density at radius 1 is 0.952 bits per heavy atom. The Balaban J connectivity index is 2.10. The van der Waals surface area contributed by atoms with Gasteiger partial charge in [-0.15, -0.1) is 0 Å². The fourth-order valence-electron chi connectivity index (χ4n) is 3.03. The lowest BCUT2D eigenvalue weighted by Crippen LogP contribution is -2.05. The lowest BCUT2D eigenvalue weighted by atomic mass is 9.92. The van der Waals surface area contributed by atoms with Crippen molar-refractivity contribution < 1.29 is 5.11 Å². The molecule has 3 rings (SSSR count). The number of para-hydroxylation sites is 1. The highest BCUT2D eigenvalue weighted by Crippen LogP contribution is 2.29. The highest BCUT2D eigenvalue weighted by Gasteiger charge is 2.16. The minimum Gasteiger partial charge on any atom is -0.384 e. The molecule has 2 nitrogen and oxygen atoms in total. The Labute approximate surface area is 125 Å². The average molecular weight is 277 g/mol. The maximum absolute atomic E-state index is 10.8. The molecule has 0 bridgehead atoms. The fraction of sp³-hybridized carbons (Fsp3) is 0.211.